The van der Waals surface area contributed by atoms with Crippen molar-refractivity contribution in [2.45, 2.75) is 17.7 Å². The number of hydrogen-bond acceptors (Lipinski definition) is 7. The lowest BCUT2D eigenvalue weighted by Gasteiger charge is -2.15. The predicted molar refractivity (Wildman–Crippen MR) is 115 cm³/mol. The maximum Gasteiger partial charge on any atom is 0.257 e. The number of rotatable bonds is 6. The summed E-state index contributed by atoms with van der Waals surface area (Å²) in [5.74, 6) is 0.636. The number of ether oxygens (including phenoxy) is 2. The monoisotopic (exact) mass is 447 g/mol. The minimum Gasteiger partial charge on any atom is -0.497 e. The Morgan fingerprint density at radius 2 is 1.73 bits per heavy atom. The second-order valence-corrected chi connectivity index (χ2v) is 9.78. The molecule has 2 aromatic carbocycles. The Bertz CT molecular complexity index is 1180. The molecule has 1 fully saturated rings. The Morgan fingerprint density at radius 3 is 2.37 bits per heavy atom. The lowest BCUT2D eigenvalue weighted by atomic mass is 10.2. The van der Waals surface area contributed by atoms with Gasteiger partial charge in [0.2, 0.25) is 10.0 Å². The Morgan fingerprint density at radius 1 is 1.07 bits per heavy atom. The standard InChI is InChI=1S/C20H21N3O5S2/c1-27-14-9-13(10-15(11-14)28-2)19(24)22-20-21-17-6-5-16(12-18(17)29-20)30(25,26)23-7-3-4-8-23/h5-6,9-12H,3-4,7-8H2,1-2H3,(H,21,22,24). The van der Waals surface area contributed by atoms with Gasteiger partial charge in [-0.25, -0.2) is 13.4 Å². The number of nitrogens with one attached hydrogen (secondary N) is 1. The highest BCUT2D eigenvalue weighted by Gasteiger charge is 2.27. The van der Waals surface area contributed by atoms with Crippen LogP contribution in [0.25, 0.3) is 10.2 Å². The number of methoxy groups -OCH3 is 2. The zero-order chi connectivity index (χ0) is 21.3. The molecule has 0 aliphatic carbocycles. The molecule has 0 spiro atoms. The van der Waals surface area contributed by atoms with E-state index in [0.717, 1.165) is 12.8 Å². The van der Waals surface area contributed by atoms with Crippen LogP contribution in [-0.2, 0) is 10.0 Å². The smallest absolute Gasteiger partial charge is 0.257 e. The fourth-order valence-electron chi connectivity index (χ4n) is 3.30. The third kappa shape index (κ3) is 3.98. The van der Waals surface area contributed by atoms with Crippen LogP contribution in [0.3, 0.4) is 0 Å². The van der Waals surface area contributed by atoms with Crippen molar-refractivity contribution in [3.63, 3.8) is 0 Å². The molecule has 0 bridgehead atoms. The van der Waals surface area contributed by atoms with Crippen LogP contribution in [0.15, 0.2) is 41.3 Å². The summed E-state index contributed by atoms with van der Waals surface area (Å²) in [6, 6.07) is 9.73. The van der Waals surface area contributed by atoms with Crippen LogP contribution in [0.5, 0.6) is 11.5 Å². The van der Waals surface area contributed by atoms with Crippen molar-refractivity contribution in [3.05, 3.63) is 42.0 Å². The first-order chi connectivity index (χ1) is 14.4. The molecular formula is C20H21N3O5S2. The minimum absolute atomic E-state index is 0.246. The van der Waals surface area contributed by atoms with E-state index in [4.69, 9.17) is 9.47 Å². The second-order valence-electron chi connectivity index (χ2n) is 6.82. The predicted octanol–water partition coefficient (Wildman–Crippen LogP) is 3.35. The third-order valence-electron chi connectivity index (χ3n) is 4.90. The topological polar surface area (TPSA) is 97.8 Å². The molecule has 0 radical (unpaired) electrons. The van der Waals surface area contributed by atoms with Crippen molar-refractivity contribution in [3.8, 4) is 11.5 Å². The van der Waals surface area contributed by atoms with Gasteiger partial charge in [-0.15, -0.1) is 0 Å². The maximum absolute atomic E-state index is 12.8. The molecule has 3 aromatic rings. The van der Waals surface area contributed by atoms with Crippen molar-refractivity contribution in [2.24, 2.45) is 0 Å². The van der Waals surface area contributed by atoms with Gasteiger partial charge >= 0.3 is 0 Å². The van der Waals surface area contributed by atoms with Crippen LogP contribution < -0.4 is 14.8 Å². The lowest BCUT2D eigenvalue weighted by molar-refractivity contribution is 0.102. The highest BCUT2D eigenvalue weighted by molar-refractivity contribution is 7.89. The lowest BCUT2D eigenvalue weighted by Crippen LogP contribution is -2.27. The number of nitrogens with zero attached hydrogens (tertiary/aromatic N) is 2. The second kappa shape index (κ2) is 8.21. The van der Waals surface area contributed by atoms with Crippen LogP contribution in [0.1, 0.15) is 23.2 Å². The van der Waals surface area contributed by atoms with Gasteiger partial charge in [-0.2, -0.15) is 4.31 Å². The summed E-state index contributed by atoms with van der Waals surface area (Å²) >= 11 is 1.22. The summed E-state index contributed by atoms with van der Waals surface area (Å²) in [6.07, 6.45) is 1.76. The van der Waals surface area contributed by atoms with Crippen LogP contribution >= 0.6 is 11.3 Å². The minimum atomic E-state index is -3.51. The molecule has 30 heavy (non-hydrogen) atoms. The number of amides is 1. The number of aromatic nitrogens is 1. The number of thiazole rings is 1. The van der Waals surface area contributed by atoms with E-state index in [1.807, 2.05) is 0 Å². The molecule has 1 aliphatic heterocycles. The van der Waals surface area contributed by atoms with Crippen LogP contribution in [-0.4, -0.2) is 50.9 Å². The van der Waals surface area contributed by atoms with Crippen LogP contribution in [0.2, 0.25) is 0 Å². The van der Waals surface area contributed by atoms with Gasteiger partial charge in [0.1, 0.15) is 11.5 Å². The van der Waals surface area contributed by atoms with Crippen molar-refractivity contribution in [1.29, 1.82) is 0 Å². The normalized spacial score (nSPS) is 14.7. The van der Waals surface area contributed by atoms with E-state index in [1.54, 1.807) is 36.4 Å². The van der Waals surface area contributed by atoms with Gasteiger partial charge in [-0.05, 0) is 43.2 Å². The quantitative estimate of drug-likeness (QED) is 0.622. The highest BCUT2D eigenvalue weighted by atomic mass is 32.2. The molecule has 0 atom stereocenters. The first-order valence-corrected chi connectivity index (χ1v) is 11.6. The first-order valence-electron chi connectivity index (χ1n) is 9.36. The molecular weight excluding hydrogens is 426 g/mol. The average molecular weight is 448 g/mol. The van der Waals surface area contributed by atoms with E-state index in [0.29, 0.717) is 45.5 Å². The third-order valence-corrected chi connectivity index (χ3v) is 7.73. The Balaban J connectivity index is 1.59. The molecule has 1 saturated heterocycles. The van der Waals surface area contributed by atoms with E-state index < -0.39 is 10.0 Å². The molecule has 8 nitrogen and oxygen atoms in total. The molecule has 0 saturated carbocycles. The number of hydrogen-bond donors (Lipinski definition) is 1. The van der Waals surface area contributed by atoms with Gasteiger partial charge in [0, 0.05) is 24.7 Å². The van der Waals surface area contributed by atoms with Gasteiger partial charge in [0.05, 0.1) is 29.3 Å². The van der Waals surface area contributed by atoms with Crippen LogP contribution in [0, 0.1) is 0 Å². The zero-order valence-electron chi connectivity index (χ0n) is 16.5. The van der Waals surface area contributed by atoms with Gasteiger partial charge in [-0.1, -0.05) is 11.3 Å². The summed E-state index contributed by atoms with van der Waals surface area (Å²) in [5.41, 5.74) is 0.988. The van der Waals surface area contributed by atoms with Crippen molar-refractivity contribution in [2.75, 3.05) is 32.6 Å². The summed E-state index contributed by atoms with van der Waals surface area (Å²) in [4.78, 5) is 17.3. The van der Waals surface area contributed by atoms with Gasteiger partial charge in [0.25, 0.3) is 5.91 Å². The number of fused-ring (bicyclic) bond motifs is 1. The molecule has 158 valence electrons. The number of carbonyl (C=O) groups is 1. The molecule has 10 heteroatoms. The Kier molecular flexibility index (Phi) is 5.63. The van der Waals surface area contributed by atoms with E-state index in [-0.39, 0.29) is 10.8 Å². The SMILES string of the molecule is COc1cc(OC)cc(C(=O)Nc2nc3ccc(S(=O)(=O)N4CCCC4)cc3s2)c1. The average Bonchev–Trinajstić information content (AvgIpc) is 3.42. The largest absolute Gasteiger partial charge is 0.497 e. The first kappa shape index (κ1) is 20.6. The van der Waals surface area contributed by atoms with Crippen LogP contribution in [0.4, 0.5) is 5.13 Å². The number of anilines is 1. The highest BCUT2D eigenvalue weighted by Crippen LogP contribution is 2.31. The Hall–Kier alpha value is -2.69. The molecule has 2 heterocycles. The summed E-state index contributed by atoms with van der Waals surface area (Å²) in [7, 11) is -0.482. The van der Waals surface area contributed by atoms with Crippen molar-refractivity contribution in [1.82, 2.24) is 9.29 Å². The maximum atomic E-state index is 12.8. The molecule has 4 rings (SSSR count). The van der Waals surface area contributed by atoms with E-state index >= 15 is 0 Å². The summed E-state index contributed by atoms with van der Waals surface area (Å²) in [6.45, 7) is 1.10. The summed E-state index contributed by atoms with van der Waals surface area (Å²) in [5, 5.41) is 3.14. The fraction of sp³-hybridized carbons (Fsp3) is 0.300. The van der Waals surface area contributed by atoms with E-state index in [2.05, 4.69) is 10.3 Å². The molecule has 1 aromatic heterocycles. The summed E-state index contributed by atoms with van der Waals surface area (Å²) < 4.78 is 38.2. The Labute approximate surface area is 178 Å². The van der Waals surface area contributed by atoms with Gasteiger partial charge in [0.15, 0.2) is 5.13 Å². The zero-order valence-corrected chi connectivity index (χ0v) is 18.2. The fourth-order valence-corrected chi connectivity index (χ4v) is 5.82. The number of carbonyl (C=O) groups excluding carboxylic acids is 1. The molecule has 1 amide bonds. The molecule has 0 unspecified atom stereocenters. The van der Waals surface area contributed by atoms with Gasteiger partial charge in [-0.3, -0.25) is 10.1 Å². The van der Waals surface area contributed by atoms with Gasteiger partial charge < -0.3 is 9.47 Å². The molecule has 1 aliphatic rings. The molecule has 1 N–H and O–H groups in total. The van der Waals surface area contributed by atoms with E-state index in [9.17, 15) is 13.2 Å². The van der Waals surface area contributed by atoms with Crippen molar-refractivity contribution < 1.29 is 22.7 Å². The van der Waals surface area contributed by atoms with Crippen molar-refractivity contribution >= 4 is 42.6 Å². The van der Waals surface area contributed by atoms with E-state index in [1.165, 1.54) is 29.9 Å². The number of benzene rings is 2. The number of sulfonamides is 1.